The van der Waals surface area contributed by atoms with Crippen LogP contribution in [0.3, 0.4) is 0 Å². The van der Waals surface area contributed by atoms with Crippen LogP contribution in [0.2, 0.25) is 0 Å². The lowest BCUT2D eigenvalue weighted by atomic mass is 9.92. The second kappa shape index (κ2) is 7.63. The van der Waals surface area contributed by atoms with Crippen molar-refractivity contribution in [3.63, 3.8) is 0 Å². The lowest BCUT2D eigenvalue weighted by Gasteiger charge is -2.19. The average molecular weight is 368 g/mol. The first kappa shape index (κ1) is 17.4. The van der Waals surface area contributed by atoms with Crippen LogP contribution in [0, 0.1) is 11.8 Å². The monoisotopic (exact) mass is 367 g/mol. The molecular formula is C16H22ClN5OS. The van der Waals surface area contributed by atoms with Crippen molar-refractivity contribution in [2.45, 2.75) is 19.4 Å². The molecule has 2 atom stereocenters. The third-order valence-corrected chi connectivity index (χ3v) is 5.82. The predicted molar refractivity (Wildman–Crippen MR) is 95.7 cm³/mol. The van der Waals surface area contributed by atoms with E-state index in [-0.39, 0.29) is 18.3 Å². The van der Waals surface area contributed by atoms with E-state index in [1.807, 2.05) is 16.3 Å². The number of nitrogens with one attached hydrogen (secondary N) is 1. The van der Waals surface area contributed by atoms with Crippen LogP contribution in [0.25, 0.3) is 0 Å². The molecule has 6 nitrogen and oxygen atoms in total. The Morgan fingerprint density at radius 3 is 2.71 bits per heavy atom. The lowest BCUT2D eigenvalue weighted by Crippen LogP contribution is -2.33. The van der Waals surface area contributed by atoms with Crippen molar-refractivity contribution in [3.05, 3.63) is 34.3 Å². The van der Waals surface area contributed by atoms with Crippen molar-refractivity contribution in [1.29, 1.82) is 0 Å². The number of rotatable bonds is 3. The topological polar surface area (TPSA) is 63.1 Å². The largest absolute Gasteiger partial charge is 0.337 e. The maximum absolute atomic E-state index is 12.7. The molecule has 2 aromatic heterocycles. The Hall–Kier alpha value is -1.44. The van der Waals surface area contributed by atoms with Gasteiger partial charge in [-0.3, -0.25) is 4.79 Å². The van der Waals surface area contributed by atoms with Crippen LogP contribution >= 0.6 is 23.7 Å². The molecule has 0 radical (unpaired) electrons. The van der Waals surface area contributed by atoms with Gasteiger partial charge in [-0.25, -0.2) is 4.68 Å². The normalized spacial score (nSPS) is 23.4. The highest BCUT2D eigenvalue weighted by Crippen LogP contribution is 2.27. The molecule has 24 heavy (non-hydrogen) atoms. The zero-order valence-corrected chi connectivity index (χ0v) is 15.1. The standard InChI is InChI=1S/C16H21N5OS.ClH/c22-16(20-5-3-12-8-17-9-13(12)4-6-20)15-11-21(19-18-15)10-14-2-1-7-23-14;/h1-2,7,11-13,17H,3-6,8-10H2;1H/t12-,13+;. The minimum absolute atomic E-state index is 0. The Balaban J connectivity index is 0.00000169. The lowest BCUT2D eigenvalue weighted by molar-refractivity contribution is 0.0752. The molecule has 4 rings (SSSR count). The number of aromatic nitrogens is 3. The van der Waals surface area contributed by atoms with Crippen LogP contribution in [0.15, 0.2) is 23.7 Å². The molecule has 0 spiro atoms. The maximum atomic E-state index is 12.7. The molecule has 2 aromatic rings. The van der Waals surface area contributed by atoms with Gasteiger partial charge in [0.2, 0.25) is 0 Å². The SMILES string of the molecule is Cl.O=C(c1cn(Cc2cccs2)nn1)N1CC[C@@H]2CNC[C@@H]2CC1. The maximum Gasteiger partial charge on any atom is 0.276 e. The summed E-state index contributed by atoms with van der Waals surface area (Å²) in [6.45, 7) is 4.54. The summed E-state index contributed by atoms with van der Waals surface area (Å²) in [7, 11) is 0. The summed E-state index contributed by atoms with van der Waals surface area (Å²) in [6, 6.07) is 4.08. The van der Waals surface area contributed by atoms with Gasteiger partial charge >= 0.3 is 0 Å². The Kier molecular flexibility index (Phi) is 5.53. The van der Waals surface area contributed by atoms with Crippen LogP contribution in [0.5, 0.6) is 0 Å². The highest BCUT2D eigenvalue weighted by atomic mass is 35.5. The van der Waals surface area contributed by atoms with E-state index in [1.165, 1.54) is 4.88 Å². The number of nitrogens with zero attached hydrogens (tertiary/aromatic N) is 4. The second-order valence-electron chi connectivity index (χ2n) is 6.43. The number of hydrogen-bond acceptors (Lipinski definition) is 5. The number of carbonyl (C=O) groups is 1. The number of amides is 1. The van der Waals surface area contributed by atoms with Gasteiger partial charge in [0.25, 0.3) is 5.91 Å². The van der Waals surface area contributed by atoms with E-state index in [9.17, 15) is 4.79 Å². The van der Waals surface area contributed by atoms with Crippen LogP contribution in [-0.2, 0) is 6.54 Å². The van der Waals surface area contributed by atoms with Gasteiger partial charge in [0.1, 0.15) is 0 Å². The highest BCUT2D eigenvalue weighted by molar-refractivity contribution is 7.09. The van der Waals surface area contributed by atoms with E-state index in [4.69, 9.17) is 0 Å². The second-order valence-corrected chi connectivity index (χ2v) is 7.46. The fourth-order valence-corrected chi connectivity index (χ4v) is 4.31. The third kappa shape index (κ3) is 3.63. The van der Waals surface area contributed by atoms with Gasteiger partial charge in [0.15, 0.2) is 5.69 Å². The molecule has 2 aliphatic heterocycles. The minimum atomic E-state index is 0. The number of hydrogen-bond donors (Lipinski definition) is 1. The molecule has 8 heteroatoms. The molecule has 2 fully saturated rings. The number of carbonyl (C=O) groups excluding carboxylic acids is 1. The number of fused-ring (bicyclic) bond motifs is 1. The smallest absolute Gasteiger partial charge is 0.276 e. The van der Waals surface area contributed by atoms with Crippen LogP contribution in [-0.4, -0.2) is 52.0 Å². The van der Waals surface area contributed by atoms with Gasteiger partial charge in [-0.05, 0) is 49.2 Å². The molecule has 0 unspecified atom stereocenters. The number of thiophene rings is 1. The molecule has 0 bridgehead atoms. The summed E-state index contributed by atoms with van der Waals surface area (Å²) in [5, 5.41) is 13.7. The molecule has 1 N–H and O–H groups in total. The van der Waals surface area contributed by atoms with Crippen LogP contribution < -0.4 is 5.32 Å². The zero-order chi connectivity index (χ0) is 15.6. The number of likely N-dealkylation sites (tertiary alicyclic amines) is 1. The first-order valence-corrected chi connectivity index (χ1v) is 9.10. The minimum Gasteiger partial charge on any atom is -0.337 e. The van der Waals surface area contributed by atoms with Crippen LogP contribution in [0.1, 0.15) is 28.2 Å². The summed E-state index contributed by atoms with van der Waals surface area (Å²) in [6.07, 6.45) is 3.95. The average Bonchev–Trinajstić information content (AvgIpc) is 3.29. The Labute approximate surface area is 151 Å². The first-order chi connectivity index (χ1) is 11.3. The molecular weight excluding hydrogens is 346 g/mol. The van der Waals surface area contributed by atoms with Gasteiger partial charge in [0.05, 0.1) is 12.7 Å². The molecule has 2 saturated heterocycles. The van der Waals surface area contributed by atoms with Crippen molar-refractivity contribution in [1.82, 2.24) is 25.2 Å². The van der Waals surface area contributed by atoms with E-state index >= 15 is 0 Å². The third-order valence-electron chi connectivity index (χ3n) is 4.96. The number of halogens is 1. The summed E-state index contributed by atoms with van der Waals surface area (Å²) in [5.74, 6) is 1.47. The molecule has 1 amide bonds. The van der Waals surface area contributed by atoms with Gasteiger partial charge < -0.3 is 10.2 Å². The molecule has 2 aliphatic rings. The Morgan fingerprint density at radius 1 is 1.29 bits per heavy atom. The van der Waals surface area contributed by atoms with Crippen molar-refractivity contribution < 1.29 is 4.79 Å². The molecule has 0 aliphatic carbocycles. The highest BCUT2D eigenvalue weighted by Gasteiger charge is 2.32. The van der Waals surface area contributed by atoms with E-state index in [2.05, 4.69) is 21.7 Å². The zero-order valence-electron chi connectivity index (χ0n) is 13.4. The van der Waals surface area contributed by atoms with E-state index in [1.54, 1.807) is 22.2 Å². The molecule has 130 valence electrons. The van der Waals surface area contributed by atoms with Gasteiger partial charge in [0, 0.05) is 18.0 Å². The van der Waals surface area contributed by atoms with E-state index < -0.39 is 0 Å². The van der Waals surface area contributed by atoms with Crippen LogP contribution in [0.4, 0.5) is 0 Å². The first-order valence-electron chi connectivity index (χ1n) is 8.22. The van der Waals surface area contributed by atoms with Crippen molar-refractivity contribution >= 4 is 29.7 Å². The van der Waals surface area contributed by atoms with E-state index in [0.29, 0.717) is 12.2 Å². The molecule has 0 aromatic carbocycles. The summed E-state index contributed by atoms with van der Waals surface area (Å²) >= 11 is 1.69. The fraction of sp³-hybridized carbons (Fsp3) is 0.562. The Morgan fingerprint density at radius 2 is 2.04 bits per heavy atom. The van der Waals surface area contributed by atoms with Gasteiger partial charge in [-0.2, -0.15) is 0 Å². The molecule has 4 heterocycles. The van der Waals surface area contributed by atoms with Crippen molar-refractivity contribution in [2.75, 3.05) is 26.2 Å². The van der Waals surface area contributed by atoms with Crippen molar-refractivity contribution in [3.8, 4) is 0 Å². The van der Waals surface area contributed by atoms with Crippen molar-refractivity contribution in [2.24, 2.45) is 11.8 Å². The van der Waals surface area contributed by atoms with Gasteiger partial charge in [-0.1, -0.05) is 11.3 Å². The predicted octanol–water partition coefficient (Wildman–Crippen LogP) is 1.88. The van der Waals surface area contributed by atoms with Gasteiger partial charge in [-0.15, -0.1) is 28.8 Å². The summed E-state index contributed by atoms with van der Waals surface area (Å²) < 4.78 is 1.75. The molecule has 0 saturated carbocycles. The summed E-state index contributed by atoms with van der Waals surface area (Å²) in [5.41, 5.74) is 0.465. The summed E-state index contributed by atoms with van der Waals surface area (Å²) in [4.78, 5) is 15.9. The van der Waals surface area contributed by atoms with E-state index in [0.717, 1.165) is 50.9 Å². The quantitative estimate of drug-likeness (QED) is 0.899. The Bertz CT molecular complexity index is 660. The fourth-order valence-electron chi connectivity index (χ4n) is 3.62.